The van der Waals surface area contributed by atoms with Gasteiger partial charge in [0.15, 0.2) is 0 Å². The Balaban J connectivity index is 2.23. The molecule has 1 aliphatic rings. The topological polar surface area (TPSA) is 51.8 Å². The molecule has 1 heterocycles. The first-order valence-electron chi connectivity index (χ1n) is 5.23. The minimum atomic E-state index is -0.0533. The highest BCUT2D eigenvalue weighted by molar-refractivity contribution is 5.72. The molecule has 0 aliphatic heterocycles. The van der Waals surface area contributed by atoms with E-state index < -0.39 is 0 Å². The van der Waals surface area contributed by atoms with E-state index in [-0.39, 0.29) is 6.04 Å². The van der Waals surface area contributed by atoms with Crippen molar-refractivity contribution >= 4 is 5.57 Å². The van der Waals surface area contributed by atoms with Crippen molar-refractivity contribution in [3.8, 4) is 0 Å². The molecule has 0 bridgehead atoms. The minimum Gasteiger partial charge on any atom is -0.323 e. The van der Waals surface area contributed by atoms with E-state index in [0.717, 1.165) is 29.8 Å². The fourth-order valence-corrected chi connectivity index (χ4v) is 1.54. The summed E-state index contributed by atoms with van der Waals surface area (Å²) in [5, 5.41) is 8.28. The molecule has 1 aliphatic carbocycles. The van der Waals surface area contributed by atoms with Crippen LogP contribution in [0, 0.1) is 0 Å². The third-order valence-electron chi connectivity index (χ3n) is 2.44. The van der Waals surface area contributed by atoms with Gasteiger partial charge >= 0.3 is 0 Å². The van der Waals surface area contributed by atoms with E-state index in [1.807, 2.05) is 19.1 Å². The quantitative estimate of drug-likeness (QED) is 0.798. The monoisotopic (exact) mass is 201 g/mol. The average Bonchev–Trinajstić information content (AvgIpc) is 2.30. The maximum atomic E-state index is 5.71. The standard InChI is InChI=1S/C12H15N3/c1-9(13)11-7-8-12(15-14-11)10-5-3-2-4-6-10/h3,5-9H,2,4,13H2,1H3. The lowest BCUT2D eigenvalue weighted by Gasteiger charge is -2.07. The van der Waals surface area contributed by atoms with Crippen molar-refractivity contribution in [1.82, 2.24) is 10.2 Å². The molecule has 2 rings (SSSR count). The molecule has 0 amide bonds. The van der Waals surface area contributed by atoms with Crippen molar-refractivity contribution in [3.05, 3.63) is 41.7 Å². The van der Waals surface area contributed by atoms with Gasteiger partial charge in [-0.2, -0.15) is 10.2 Å². The fraction of sp³-hybridized carbons (Fsp3) is 0.333. The SMILES string of the molecule is CC(N)c1ccc(C2=CCCC=C2)nn1. The highest BCUT2D eigenvalue weighted by atomic mass is 15.1. The summed E-state index contributed by atoms with van der Waals surface area (Å²) in [6, 6.07) is 3.87. The van der Waals surface area contributed by atoms with E-state index in [1.165, 1.54) is 0 Å². The molecule has 2 N–H and O–H groups in total. The van der Waals surface area contributed by atoms with Crippen LogP contribution in [-0.2, 0) is 0 Å². The Kier molecular flexibility index (Phi) is 2.92. The molecular formula is C12H15N3. The van der Waals surface area contributed by atoms with Crippen LogP contribution in [-0.4, -0.2) is 10.2 Å². The summed E-state index contributed by atoms with van der Waals surface area (Å²) < 4.78 is 0. The summed E-state index contributed by atoms with van der Waals surface area (Å²) in [5.74, 6) is 0. The number of nitrogens with two attached hydrogens (primary N) is 1. The molecule has 1 unspecified atom stereocenters. The number of hydrogen-bond acceptors (Lipinski definition) is 3. The average molecular weight is 201 g/mol. The van der Waals surface area contributed by atoms with Gasteiger partial charge in [-0.3, -0.25) is 0 Å². The van der Waals surface area contributed by atoms with Gasteiger partial charge in [0.05, 0.1) is 11.4 Å². The number of nitrogens with zero attached hydrogens (tertiary/aromatic N) is 2. The van der Waals surface area contributed by atoms with E-state index in [9.17, 15) is 0 Å². The minimum absolute atomic E-state index is 0.0533. The van der Waals surface area contributed by atoms with Gasteiger partial charge in [0.25, 0.3) is 0 Å². The van der Waals surface area contributed by atoms with Gasteiger partial charge in [0.2, 0.25) is 0 Å². The first kappa shape index (κ1) is 10.1. The normalized spacial score (nSPS) is 17.3. The summed E-state index contributed by atoms with van der Waals surface area (Å²) in [5.41, 5.74) is 8.63. The summed E-state index contributed by atoms with van der Waals surface area (Å²) in [7, 11) is 0. The summed E-state index contributed by atoms with van der Waals surface area (Å²) in [6.45, 7) is 1.91. The van der Waals surface area contributed by atoms with Crippen LogP contribution in [0.2, 0.25) is 0 Å². The molecule has 0 aromatic carbocycles. The molecule has 78 valence electrons. The Bertz CT molecular complexity index is 388. The van der Waals surface area contributed by atoms with Crippen molar-refractivity contribution in [2.45, 2.75) is 25.8 Å². The smallest absolute Gasteiger partial charge is 0.0926 e. The molecule has 15 heavy (non-hydrogen) atoms. The molecule has 3 heteroatoms. The Hall–Kier alpha value is -1.48. The van der Waals surface area contributed by atoms with E-state index in [2.05, 4.69) is 28.4 Å². The van der Waals surface area contributed by atoms with Gasteiger partial charge < -0.3 is 5.73 Å². The third-order valence-corrected chi connectivity index (χ3v) is 2.44. The highest BCUT2D eigenvalue weighted by Crippen LogP contribution is 2.19. The van der Waals surface area contributed by atoms with Crippen LogP contribution in [0.3, 0.4) is 0 Å². The van der Waals surface area contributed by atoms with E-state index in [1.54, 1.807) is 0 Å². The van der Waals surface area contributed by atoms with E-state index in [0.29, 0.717) is 0 Å². The lowest BCUT2D eigenvalue weighted by molar-refractivity contribution is 0.749. The van der Waals surface area contributed by atoms with Crippen molar-refractivity contribution in [2.24, 2.45) is 5.73 Å². The zero-order valence-electron chi connectivity index (χ0n) is 8.85. The Morgan fingerprint density at radius 1 is 1.27 bits per heavy atom. The van der Waals surface area contributed by atoms with Gasteiger partial charge in [0, 0.05) is 6.04 Å². The van der Waals surface area contributed by atoms with Crippen LogP contribution >= 0.6 is 0 Å². The molecule has 3 nitrogen and oxygen atoms in total. The maximum absolute atomic E-state index is 5.71. The first-order chi connectivity index (χ1) is 7.27. The van der Waals surface area contributed by atoms with Gasteiger partial charge in [-0.15, -0.1) is 0 Å². The van der Waals surface area contributed by atoms with Gasteiger partial charge in [-0.1, -0.05) is 18.2 Å². The first-order valence-corrected chi connectivity index (χ1v) is 5.23. The maximum Gasteiger partial charge on any atom is 0.0926 e. The largest absolute Gasteiger partial charge is 0.323 e. The van der Waals surface area contributed by atoms with Crippen molar-refractivity contribution in [3.63, 3.8) is 0 Å². The predicted octanol–water partition coefficient (Wildman–Crippen LogP) is 2.23. The van der Waals surface area contributed by atoms with Crippen molar-refractivity contribution in [1.29, 1.82) is 0 Å². The molecule has 0 spiro atoms. The molecule has 1 aromatic rings. The zero-order chi connectivity index (χ0) is 10.7. The second-order valence-electron chi connectivity index (χ2n) is 3.77. The molecule has 0 radical (unpaired) electrons. The molecule has 1 aromatic heterocycles. The van der Waals surface area contributed by atoms with Crippen LogP contribution in [0.25, 0.3) is 5.57 Å². The number of allylic oxidation sites excluding steroid dienone is 4. The van der Waals surface area contributed by atoms with Gasteiger partial charge in [0.1, 0.15) is 0 Å². The molecule has 0 saturated heterocycles. The van der Waals surface area contributed by atoms with Crippen LogP contribution in [0.5, 0.6) is 0 Å². The molecule has 0 saturated carbocycles. The van der Waals surface area contributed by atoms with Crippen LogP contribution < -0.4 is 5.73 Å². The summed E-state index contributed by atoms with van der Waals surface area (Å²) >= 11 is 0. The molecular weight excluding hydrogens is 186 g/mol. The summed E-state index contributed by atoms with van der Waals surface area (Å²) in [6.07, 6.45) is 8.66. The van der Waals surface area contributed by atoms with E-state index in [4.69, 9.17) is 5.73 Å². The Morgan fingerprint density at radius 2 is 2.13 bits per heavy atom. The van der Waals surface area contributed by atoms with Gasteiger partial charge in [-0.25, -0.2) is 0 Å². The molecule has 0 fully saturated rings. The Labute approximate surface area is 89.7 Å². The van der Waals surface area contributed by atoms with Crippen molar-refractivity contribution < 1.29 is 0 Å². The number of hydrogen-bond donors (Lipinski definition) is 1. The molecule has 1 atom stereocenters. The van der Waals surface area contributed by atoms with Crippen LogP contribution in [0.4, 0.5) is 0 Å². The van der Waals surface area contributed by atoms with Crippen LogP contribution in [0.15, 0.2) is 30.4 Å². The number of aromatic nitrogens is 2. The second kappa shape index (κ2) is 4.36. The van der Waals surface area contributed by atoms with Gasteiger partial charge in [-0.05, 0) is 37.5 Å². The zero-order valence-corrected chi connectivity index (χ0v) is 8.85. The number of rotatable bonds is 2. The second-order valence-corrected chi connectivity index (χ2v) is 3.77. The fourth-order valence-electron chi connectivity index (χ4n) is 1.54. The van der Waals surface area contributed by atoms with Crippen molar-refractivity contribution in [2.75, 3.05) is 0 Å². The highest BCUT2D eigenvalue weighted by Gasteiger charge is 2.05. The van der Waals surface area contributed by atoms with E-state index >= 15 is 0 Å². The lowest BCUT2D eigenvalue weighted by atomic mass is 10.0. The predicted molar refractivity (Wildman–Crippen MR) is 61.0 cm³/mol. The summed E-state index contributed by atoms with van der Waals surface area (Å²) in [4.78, 5) is 0. The third kappa shape index (κ3) is 2.30. The Morgan fingerprint density at radius 3 is 2.67 bits per heavy atom. The van der Waals surface area contributed by atoms with Crippen LogP contribution in [0.1, 0.15) is 37.2 Å². The lowest BCUT2D eigenvalue weighted by Crippen LogP contribution is -2.08.